The van der Waals surface area contributed by atoms with Gasteiger partial charge in [0.25, 0.3) is 0 Å². The van der Waals surface area contributed by atoms with Crippen molar-refractivity contribution in [1.29, 1.82) is 0 Å². The van der Waals surface area contributed by atoms with Crippen molar-refractivity contribution in [3.05, 3.63) is 52.6 Å². The van der Waals surface area contributed by atoms with Crippen molar-refractivity contribution in [2.24, 2.45) is 11.8 Å². The van der Waals surface area contributed by atoms with E-state index in [4.69, 9.17) is 5.10 Å². The van der Waals surface area contributed by atoms with Crippen molar-refractivity contribution >= 4 is 5.91 Å². The molecule has 1 saturated heterocycles. The number of hydrogen-bond acceptors (Lipinski definition) is 2. The van der Waals surface area contributed by atoms with Gasteiger partial charge in [0.05, 0.1) is 5.69 Å². The maximum Gasteiger partial charge on any atom is 0.222 e. The molecule has 5 atom stereocenters. The number of nitrogens with zero attached hydrogens (tertiary/aromatic N) is 2. The Hall–Kier alpha value is -2.17. The molecule has 1 aromatic carbocycles. The minimum atomic E-state index is -0.0309. The third-order valence-corrected chi connectivity index (χ3v) is 9.14. The van der Waals surface area contributed by atoms with Crippen LogP contribution in [0.2, 0.25) is 0 Å². The first-order valence-electron chi connectivity index (χ1n) is 12.2. The molecule has 5 heteroatoms. The fourth-order valence-electron chi connectivity index (χ4n) is 7.81. The molecule has 6 rings (SSSR count). The van der Waals surface area contributed by atoms with Crippen LogP contribution in [0.3, 0.4) is 0 Å². The number of carbonyl (C=O) groups is 1. The van der Waals surface area contributed by atoms with Crippen LogP contribution < -0.4 is 0 Å². The summed E-state index contributed by atoms with van der Waals surface area (Å²) in [6, 6.07) is 5.67. The Morgan fingerprint density at radius 2 is 2.10 bits per heavy atom. The zero-order valence-corrected chi connectivity index (χ0v) is 18.4. The van der Waals surface area contributed by atoms with Gasteiger partial charge in [0.2, 0.25) is 5.91 Å². The minimum Gasteiger partial charge on any atom is -0.343 e. The number of halogens is 1. The quantitative estimate of drug-likeness (QED) is 0.753. The smallest absolute Gasteiger partial charge is 0.222 e. The molecule has 1 aliphatic heterocycles. The topological polar surface area (TPSA) is 49.0 Å². The number of fused-ring (bicyclic) bond motifs is 7. The van der Waals surface area contributed by atoms with Crippen LogP contribution >= 0.6 is 0 Å². The van der Waals surface area contributed by atoms with Gasteiger partial charge in [-0.05, 0) is 91.4 Å². The van der Waals surface area contributed by atoms with Crippen LogP contribution in [-0.4, -0.2) is 34.1 Å². The van der Waals surface area contributed by atoms with Gasteiger partial charge >= 0.3 is 0 Å². The number of rotatable bonds is 3. The average Bonchev–Trinajstić information content (AvgIpc) is 3.50. The molecule has 1 aromatic heterocycles. The van der Waals surface area contributed by atoms with E-state index in [0.717, 1.165) is 63.6 Å². The molecule has 164 valence electrons. The predicted molar refractivity (Wildman–Crippen MR) is 117 cm³/mol. The Kier molecular flexibility index (Phi) is 4.52. The molecule has 2 fully saturated rings. The SMILES string of the molecule is C[C@]12CCC3c4cccc(F)c4CCC3C1[C@H](CCC(=O)N1CCCC1)c1c[nH]nc12. The summed E-state index contributed by atoms with van der Waals surface area (Å²) in [5.74, 6) is 2.11. The van der Waals surface area contributed by atoms with E-state index < -0.39 is 0 Å². The number of aromatic amines is 1. The Labute approximate surface area is 183 Å². The highest BCUT2D eigenvalue weighted by Crippen LogP contribution is 2.64. The summed E-state index contributed by atoms with van der Waals surface area (Å²) in [6.45, 7) is 4.25. The van der Waals surface area contributed by atoms with Crippen molar-refractivity contribution < 1.29 is 9.18 Å². The van der Waals surface area contributed by atoms with E-state index in [1.54, 1.807) is 6.07 Å². The number of H-pyrrole nitrogens is 1. The lowest BCUT2D eigenvalue weighted by molar-refractivity contribution is -0.130. The fourth-order valence-corrected chi connectivity index (χ4v) is 7.81. The van der Waals surface area contributed by atoms with E-state index in [0.29, 0.717) is 36.0 Å². The highest BCUT2D eigenvalue weighted by Gasteiger charge is 2.58. The number of likely N-dealkylation sites (tertiary alicyclic amines) is 1. The molecule has 0 bridgehead atoms. The molecular formula is C26H32FN3O. The number of nitrogens with one attached hydrogen (secondary N) is 1. The Balaban J connectivity index is 1.32. The van der Waals surface area contributed by atoms with Crippen LogP contribution in [0.5, 0.6) is 0 Å². The number of amides is 1. The van der Waals surface area contributed by atoms with E-state index >= 15 is 0 Å². The highest BCUT2D eigenvalue weighted by atomic mass is 19.1. The lowest BCUT2D eigenvalue weighted by Crippen LogP contribution is -2.44. The van der Waals surface area contributed by atoms with Crippen LogP contribution in [-0.2, 0) is 16.6 Å². The molecule has 1 saturated carbocycles. The molecule has 0 radical (unpaired) electrons. The summed E-state index contributed by atoms with van der Waals surface area (Å²) in [6.07, 6.45) is 9.97. The summed E-state index contributed by atoms with van der Waals surface area (Å²) in [7, 11) is 0. The van der Waals surface area contributed by atoms with Crippen LogP contribution in [0.25, 0.3) is 0 Å². The summed E-state index contributed by atoms with van der Waals surface area (Å²) in [5, 5.41) is 7.85. The number of benzene rings is 1. The number of hydrogen-bond donors (Lipinski definition) is 1. The third kappa shape index (κ3) is 2.84. The summed E-state index contributed by atoms with van der Waals surface area (Å²) < 4.78 is 14.5. The van der Waals surface area contributed by atoms with Gasteiger partial charge in [-0.3, -0.25) is 9.89 Å². The van der Waals surface area contributed by atoms with Crippen molar-refractivity contribution in [1.82, 2.24) is 15.1 Å². The van der Waals surface area contributed by atoms with Crippen LogP contribution in [0.4, 0.5) is 4.39 Å². The van der Waals surface area contributed by atoms with Gasteiger partial charge in [-0.15, -0.1) is 0 Å². The molecule has 1 amide bonds. The lowest BCUT2D eigenvalue weighted by atomic mass is 9.53. The fraction of sp³-hybridized carbons (Fsp3) is 0.615. The largest absolute Gasteiger partial charge is 0.343 e. The monoisotopic (exact) mass is 421 g/mol. The van der Waals surface area contributed by atoms with Crippen molar-refractivity contribution in [3.8, 4) is 0 Å². The maximum absolute atomic E-state index is 14.5. The van der Waals surface area contributed by atoms with Crippen molar-refractivity contribution in [3.63, 3.8) is 0 Å². The van der Waals surface area contributed by atoms with E-state index in [1.165, 1.54) is 16.8 Å². The molecule has 31 heavy (non-hydrogen) atoms. The lowest BCUT2D eigenvalue weighted by Gasteiger charge is -2.50. The maximum atomic E-state index is 14.5. The molecule has 2 aromatic rings. The Bertz CT molecular complexity index is 1010. The van der Waals surface area contributed by atoms with Crippen molar-refractivity contribution in [2.75, 3.05) is 13.1 Å². The van der Waals surface area contributed by atoms with Crippen LogP contribution in [0.1, 0.15) is 86.1 Å². The first kappa shape index (κ1) is 19.5. The van der Waals surface area contributed by atoms with E-state index in [-0.39, 0.29) is 11.2 Å². The summed E-state index contributed by atoms with van der Waals surface area (Å²) >= 11 is 0. The Morgan fingerprint density at radius 3 is 2.94 bits per heavy atom. The minimum absolute atomic E-state index is 0.0309. The van der Waals surface area contributed by atoms with Gasteiger partial charge in [-0.2, -0.15) is 5.10 Å². The third-order valence-electron chi connectivity index (χ3n) is 9.14. The van der Waals surface area contributed by atoms with Gasteiger partial charge in [0, 0.05) is 31.1 Å². The first-order chi connectivity index (χ1) is 15.1. The zero-order valence-electron chi connectivity index (χ0n) is 18.4. The van der Waals surface area contributed by atoms with Crippen LogP contribution in [0, 0.1) is 17.7 Å². The summed E-state index contributed by atoms with van der Waals surface area (Å²) in [4.78, 5) is 14.9. The predicted octanol–water partition coefficient (Wildman–Crippen LogP) is 5.06. The second-order valence-electron chi connectivity index (χ2n) is 10.5. The molecule has 3 unspecified atom stereocenters. The molecule has 2 heterocycles. The van der Waals surface area contributed by atoms with Gasteiger partial charge in [0.1, 0.15) is 5.82 Å². The van der Waals surface area contributed by atoms with E-state index in [9.17, 15) is 9.18 Å². The van der Waals surface area contributed by atoms with Crippen LogP contribution in [0.15, 0.2) is 24.4 Å². The standard InChI is InChI=1S/C26H32FN3O/c1-26-12-11-17-16-5-4-6-22(27)18(16)7-8-19(17)24(26)20(21-15-28-29-25(21)26)9-10-23(31)30-13-2-3-14-30/h4-6,15,17,19-20,24H,2-3,7-14H2,1H3,(H,28,29)/t17?,19?,20-,24?,26+/m1/s1. The van der Waals surface area contributed by atoms with Crippen molar-refractivity contribution in [2.45, 2.75) is 75.5 Å². The molecule has 4 nitrogen and oxygen atoms in total. The van der Waals surface area contributed by atoms with Gasteiger partial charge < -0.3 is 4.90 Å². The van der Waals surface area contributed by atoms with E-state index in [1.807, 2.05) is 11.0 Å². The number of aromatic nitrogens is 2. The highest BCUT2D eigenvalue weighted by molar-refractivity contribution is 5.76. The molecule has 4 aliphatic rings. The van der Waals surface area contributed by atoms with E-state index in [2.05, 4.69) is 24.3 Å². The zero-order chi connectivity index (χ0) is 21.2. The average molecular weight is 422 g/mol. The molecular weight excluding hydrogens is 389 g/mol. The summed E-state index contributed by atoms with van der Waals surface area (Å²) in [5.41, 5.74) is 4.83. The molecule has 1 N–H and O–H groups in total. The Morgan fingerprint density at radius 1 is 1.26 bits per heavy atom. The number of carbonyl (C=O) groups excluding carboxylic acids is 1. The second kappa shape index (κ2) is 7.18. The first-order valence-corrected chi connectivity index (χ1v) is 12.2. The van der Waals surface area contributed by atoms with Gasteiger partial charge in [0.15, 0.2) is 0 Å². The molecule has 0 spiro atoms. The molecule has 3 aliphatic carbocycles. The van der Waals surface area contributed by atoms with Gasteiger partial charge in [-0.1, -0.05) is 19.1 Å². The second-order valence-corrected chi connectivity index (χ2v) is 10.5. The normalized spacial score (nSPS) is 33.5. The van der Waals surface area contributed by atoms with Gasteiger partial charge in [-0.25, -0.2) is 4.39 Å².